The lowest BCUT2D eigenvalue weighted by atomic mass is 10.1. The lowest BCUT2D eigenvalue weighted by Crippen LogP contribution is -2.30. The van der Waals surface area contributed by atoms with Crippen molar-refractivity contribution in [3.63, 3.8) is 0 Å². The summed E-state index contributed by atoms with van der Waals surface area (Å²) in [5.74, 6) is -0.470. The molecule has 3 aromatic rings. The maximum atomic E-state index is 12.3. The van der Waals surface area contributed by atoms with E-state index < -0.39 is 11.7 Å². The van der Waals surface area contributed by atoms with Gasteiger partial charge in [-0.05, 0) is 23.8 Å². The Morgan fingerprint density at radius 2 is 1.96 bits per heavy atom. The SMILES string of the molecule is COc1cccc(CNC(=O)C(=O)c2c[nH]c3ccccc23)c1. The molecule has 5 nitrogen and oxygen atoms in total. The molecular formula is C18H16N2O3. The largest absolute Gasteiger partial charge is 0.497 e. The molecule has 0 spiro atoms. The van der Waals surface area contributed by atoms with Crippen LogP contribution in [0.2, 0.25) is 0 Å². The fourth-order valence-corrected chi connectivity index (χ4v) is 2.43. The number of ether oxygens (including phenoxy) is 1. The van der Waals surface area contributed by atoms with Crippen molar-refractivity contribution in [2.75, 3.05) is 7.11 Å². The van der Waals surface area contributed by atoms with Gasteiger partial charge in [0.15, 0.2) is 0 Å². The second-order valence-corrected chi connectivity index (χ2v) is 5.11. The van der Waals surface area contributed by atoms with E-state index in [1.165, 1.54) is 0 Å². The Bertz CT molecular complexity index is 867. The fraction of sp³-hybridized carbons (Fsp3) is 0.111. The van der Waals surface area contributed by atoms with Gasteiger partial charge in [0.1, 0.15) is 5.75 Å². The number of Topliss-reactive ketones (excluding diaryl/α,β-unsaturated/α-hetero) is 1. The van der Waals surface area contributed by atoms with Crippen molar-refractivity contribution in [1.82, 2.24) is 10.3 Å². The van der Waals surface area contributed by atoms with Crippen molar-refractivity contribution in [3.05, 3.63) is 65.9 Å². The van der Waals surface area contributed by atoms with Gasteiger partial charge in [0, 0.05) is 23.6 Å². The number of amides is 1. The summed E-state index contributed by atoms with van der Waals surface area (Å²) >= 11 is 0. The summed E-state index contributed by atoms with van der Waals surface area (Å²) in [6, 6.07) is 14.7. The van der Waals surface area contributed by atoms with Gasteiger partial charge >= 0.3 is 0 Å². The number of nitrogens with one attached hydrogen (secondary N) is 2. The molecule has 0 saturated heterocycles. The zero-order chi connectivity index (χ0) is 16.2. The molecule has 0 saturated carbocycles. The molecule has 0 aliphatic carbocycles. The summed E-state index contributed by atoms with van der Waals surface area (Å²) in [6.07, 6.45) is 1.57. The molecule has 23 heavy (non-hydrogen) atoms. The topological polar surface area (TPSA) is 71.2 Å². The van der Waals surface area contributed by atoms with Crippen LogP contribution in [0.4, 0.5) is 0 Å². The Labute approximate surface area is 133 Å². The number of carbonyl (C=O) groups excluding carboxylic acids is 2. The van der Waals surface area contributed by atoms with Gasteiger partial charge in [-0.15, -0.1) is 0 Å². The van der Waals surface area contributed by atoms with Crippen LogP contribution < -0.4 is 10.1 Å². The zero-order valence-electron chi connectivity index (χ0n) is 12.6. The fourth-order valence-electron chi connectivity index (χ4n) is 2.43. The second-order valence-electron chi connectivity index (χ2n) is 5.11. The first-order valence-corrected chi connectivity index (χ1v) is 7.20. The van der Waals surface area contributed by atoms with Crippen LogP contribution in [0.3, 0.4) is 0 Å². The van der Waals surface area contributed by atoms with Crippen LogP contribution >= 0.6 is 0 Å². The van der Waals surface area contributed by atoms with Gasteiger partial charge in [-0.3, -0.25) is 9.59 Å². The third-order valence-electron chi connectivity index (χ3n) is 3.63. The molecule has 1 amide bonds. The minimum Gasteiger partial charge on any atom is -0.497 e. The summed E-state index contributed by atoms with van der Waals surface area (Å²) in [7, 11) is 1.58. The van der Waals surface area contributed by atoms with Gasteiger partial charge in [-0.1, -0.05) is 30.3 Å². The average Bonchev–Trinajstić information content (AvgIpc) is 3.03. The highest BCUT2D eigenvalue weighted by Gasteiger charge is 2.19. The van der Waals surface area contributed by atoms with Crippen molar-refractivity contribution in [2.24, 2.45) is 0 Å². The molecule has 0 unspecified atom stereocenters. The molecule has 0 fully saturated rings. The van der Waals surface area contributed by atoms with Crippen molar-refractivity contribution >= 4 is 22.6 Å². The molecule has 3 rings (SSSR count). The van der Waals surface area contributed by atoms with E-state index in [0.717, 1.165) is 16.5 Å². The number of H-pyrrole nitrogens is 1. The monoisotopic (exact) mass is 308 g/mol. The van der Waals surface area contributed by atoms with E-state index in [0.29, 0.717) is 11.3 Å². The maximum Gasteiger partial charge on any atom is 0.292 e. The van der Waals surface area contributed by atoms with E-state index in [-0.39, 0.29) is 6.54 Å². The molecule has 0 aliphatic rings. The molecule has 0 aliphatic heterocycles. The molecule has 116 valence electrons. The first kappa shape index (κ1) is 14.8. The number of fused-ring (bicyclic) bond motifs is 1. The van der Waals surface area contributed by atoms with E-state index in [1.807, 2.05) is 48.5 Å². The Morgan fingerprint density at radius 1 is 1.13 bits per heavy atom. The van der Waals surface area contributed by atoms with Crippen molar-refractivity contribution in [2.45, 2.75) is 6.54 Å². The van der Waals surface area contributed by atoms with Gasteiger partial charge in [0.2, 0.25) is 0 Å². The summed E-state index contributed by atoms with van der Waals surface area (Å²) < 4.78 is 5.13. The van der Waals surface area contributed by atoms with Gasteiger partial charge in [0.25, 0.3) is 11.7 Å². The number of carbonyl (C=O) groups is 2. The van der Waals surface area contributed by atoms with Crippen molar-refractivity contribution in [1.29, 1.82) is 0 Å². The van der Waals surface area contributed by atoms with Crippen LogP contribution in [0, 0.1) is 0 Å². The van der Waals surface area contributed by atoms with E-state index in [2.05, 4.69) is 10.3 Å². The third-order valence-corrected chi connectivity index (χ3v) is 3.63. The predicted molar refractivity (Wildman–Crippen MR) is 87.5 cm³/mol. The maximum absolute atomic E-state index is 12.3. The molecular weight excluding hydrogens is 292 g/mol. The van der Waals surface area contributed by atoms with Crippen LogP contribution in [0.25, 0.3) is 10.9 Å². The lowest BCUT2D eigenvalue weighted by Gasteiger charge is -2.06. The number of aromatic amines is 1. The van der Waals surface area contributed by atoms with Crippen molar-refractivity contribution in [3.8, 4) is 5.75 Å². The smallest absolute Gasteiger partial charge is 0.292 e. The van der Waals surface area contributed by atoms with Gasteiger partial charge in [-0.2, -0.15) is 0 Å². The number of hydrogen-bond acceptors (Lipinski definition) is 3. The molecule has 1 aromatic heterocycles. The van der Waals surface area contributed by atoms with E-state index in [1.54, 1.807) is 13.3 Å². The Hall–Kier alpha value is -3.08. The number of para-hydroxylation sites is 1. The van der Waals surface area contributed by atoms with E-state index in [9.17, 15) is 9.59 Å². The third kappa shape index (κ3) is 3.08. The molecule has 0 bridgehead atoms. The number of rotatable bonds is 5. The molecule has 2 N–H and O–H groups in total. The quantitative estimate of drug-likeness (QED) is 0.562. The van der Waals surface area contributed by atoms with E-state index >= 15 is 0 Å². The summed E-state index contributed by atoms with van der Waals surface area (Å²) in [5, 5.41) is 3.39. The Morgan fingerprint density at radius 3 is 2.78 bits per heavy atom. The molecule has 5 heteroatoms. The predicted octanol–water partition coefficient (Wildman–Crippen LogP) is 2.68. The standard InChI is InChI=1S/C18H16N2O3/c1-23-13-6-4-5-12(9-13)10-20-18(22)17(21)15-11-19-16-8-3-2-7-14(15)16/h2-9,11,19H,10H2,1H3,(H,20,22). The normalized spacial score (nSPS) is 10.5. The van der Waals surface area contributed by atoms with Gasteiger partial charge < -0.3 is 15.0 Å². The number of benzene rings is 2. The molecule has 0 radical (unpaired) electrons. The highest BCUT2D eigenvalue weighted by atomic mass is 16.5. The van der Waals surface area contributed by atoms with Crippen LogP contribution in [0.15, 0.2) is 54.7 Å². The molecule has 2 aromatic carbocycles. The van der Waals surface area contributed by atoms with E-state index in [4.69, 9.17) is 4.74 Å². The summed E-state index contributed by atoms with van der Waals surface area (Å²) in [6.45, 7) is 0.268. The number of hydrogen-bond donors (Lipinski definition) is 2. The lowest BCUT2D eigenvalue weighted by molar-refractivity contribution is -0.117. The number of aromatic nitrogens is 1. The first-order valence-electron chi connectivity index (χ1n) is 7.20. The van der Waals surface area contributed by atoms with Crippen molar-refractivity contribution < 1.29 is 14.3 Å². The highest BCUT2D eigenvalue weighted by molar-refractivity contribution is 6.44. The minimum absolute atomic E-state index is 0.268. The summed E-state index contributed by atoms with van der Waals surface area (Å²) in [4.78, 5) is 27.4. The highest BCUT2D eigenvalue weighted by Crippen LogP contribution is 2.18. The minimum atomic E-state index is -0.627. The average molecular weight is 308 g/mol. The molecule has 1 heterocycles. The van der Waals surface area contributed by atoms with Gasteiger partial charge in [-0.25, -0.2) is 0 Å². The first-order chi connectivity index (χ1) is 11.2. The van der Waals surface area contributed by atoms with Crippen LogP contribution in [0.1, 0.15) is 15.9 Å². The van der Waals surface area contributed by atoms with Crippen LogP contribution in [0.5, 0.6) is 5.75 Å². The Balaban J connectivity index is 1.71. The van der Waals surface area contributed by atoms with Gasteiger partial charge in [0.05, 0.1) is 12.7 Å². The number of ketones is 1. The van der Waals surface area contributed by atoms with Crippen LogP contribution in [-0.4, -0.2) is 23.8 Å². The molecule has 0 atom stereocenters. The second kappa shape index (κ2) is 6.36. The number of methoxy groups -OCH3 is 1. The Kier molecular flexibility index (Phi) is 4.10. The van der Waals surface area contributed by atoms with Crippen LogP contribution in [-0.2, 0) is 11.3 Å². The zero-order valence-corrected chi connectivity index (χ0v) is 12.6. The summed E-state index contributed by atoms with van der Waals surface area (Å²) in [5.41, 5.74) is 2.07.